The van der Waals surface area contributed by atoms with Crippen LogP contribution in [0.5, 0.6) is 0 Å². The monoisotopic (exact) mass is 222 g/mol. The highest BCUT2D eigenvalue weighted by Gasteiger charge is 2.13. The maximum atomic E-state index is 10.6. The number of hydrogen-bond donors (Lipinski definition) is 2. The normalized spacial score (nSPS) is 10.8. The molecular weight excluding hydrogens is 208 g/mol. The summed E-state index contributed by atoms with van der Waals surface area (Å²) in [6, 6.07) is 0. The Morgan fingerprint density at radius 3 is 3.00 bits per heavy atom. The lowest BCUT2D eigenvalue weighted by molar-refractivity contribution is -0.384. The summed E-state index contributed by atoms with van der Waals surface area (Å²) in [6.45, 7) is 0.846. The summed E-state index contributed by atoms with van der Waals surface area (Å²) in [7, 11) is 1.86. The van der Waals surface area contributed by atoms with Crippen LogP contribution < -0.4 is 11.1 Å². The van der Waals surface area contributed by atoms with Crippen molar-refractivity contribution in [2.24, 2.45) is 0 Å². The molecule has 1 heterocycles. The number of anilines is 1. The smallest absolute Gasteiger partial charge is 0.310 e. The van der Waals surface area contributed by atoms with Gasteiger partial charge in [0.05, 0.1) is 4.92 Å². The van der Waals surface area contributed by atoms with Gasteiger partial charge in [0, 0.05) is 11.8 Å². The van der Waals surface area contributed by atoms with E-state index in [2.05, 4.69) is 10.3 Å². The number of rotatable bonds is 5. The summed E-state index contributed by atoms with van der Waals surface area (Å²) >= 11 is 0. The summed E-state index contributed by atoms with van der Waals surface area (Å²) in [5, 5.41) is 13.6. The van der Waals surface area contributed by atoms with E-state index in [-0.39, 0.29) is 11.4 Å². The van der Waals surface area contributed by atoms with Gasteiger partial charge in [-0.15, -0.1) is 0 Å². The molecule has 0 unspecified atom stereocenters. The van der Waals surface area contributed by atoms with Crippen LogP contribution in [0.4, 0.5) is 11.4 Å². The van der Waals surface area contributed by atoms with Gasteiger partial charge in [-0.3, -0.25) is 15.1 Å². The molecule has 0 aliphatic heterocycles. The molecule has 1 aromatic rings. The molecule has 6 nitrogen and oxygen atoms in total. The van der Waals surface area contributed by atoms with Crippen molar-refractivity contribution in [3.05, 3.63) is 34.1 Å². The van der Waals surface area contributed by atoms with E-state index < -0.39 is 4.92 Å². The molecule has 0 aliphatic carbocycles. The van der Waals surface area contributed by atoms with Gasteiger partial charge in [0.1, 0.15) is 11.9 Å². The van der Waals surface area contributed by atoms with E-state index in [9.17, 15) is 10.1 Å². The minimum Gasteiger partial charge on any atom is -0.393 e. The van der Waals surface area contributed by atoms with Crippen LogP contribution in [0.1, 0.15) is 12.0 Å². The van der Waals surface area contributed by atoms with Crippen LogP contribution in [0.3, 0.4) is 0 Å². The zero-order chi connectivity index (χ0) is 12.0. The van der Waals surface area contributed by atoms with Gasteiger partial charge in [0.25, 0.3) is 0 Å². The number of nitrogen functional groups attached to an aromatic ring is 1. The Balaban J connectivity index is 2.85. The summed E-state index contributed by atoms with van der Waals surface area (Å²) in [6.07, 6.45) is 7.14. The van der Waals surface area contributed by atoms with E-state index >= 15 is 0 Å². The minimum absolute atomic E-state index is 0.153. The SMILES string of the molecule is CNCCC=Cc1cncc([N+](=O)[O-])c1N. The van der Waals surface area contributed by atoms with Crippen molar-refractivity contribution in [2.45, 2.75) is 6.42 Å². The number of aromatic nitrogens is 1. The van der Waals surface area contributed by atoms with E-state index in [4.69, 9.17) is 5.73 Å². The van der Waals surface area contributed by atoms with E-state index in [1.54, 1.807) is 6.08 Å². The van der Waals surface area contributed by atoms with Gasteiger partial charge in [-0.05, 0) is 20.0 Å². The van der Waals surface area contributed by atoms with Gasteiger partial charge in [-0.1, -0.05) is 12.2 Å². The second-order valence-corrected chi connectivity index (χ2v) is 3.21. The first-order valence-electron chi connectivity index (χ1n) is 4.85. The molecule has 0 bridgehead atoms. The summed E-state index contributed by atoms with van der Waals surface area (Å²) < 4.78 is 0. The highest BCUT2D eigenvalue weighted by Crippen LogP contribution is 2.24. The number of hydrogen-bond acceptors (Lipinski definition) is 5. The molecule has 0 aliphatic rings. The van der Waals surface area contributed by atoms with Gasteiger partial charge in [-0.2, -0.15) is 0 Å². The molecule has 0 radical (unpaired) electrons. The fourth-order valence-corrected chi connectivity index (χ4v) is 1.19. The van der Waals surface area contributed by atoms with Crippen LogP contribution in [0, 0.1) is 10.1 Å². The predicted octanol–water partition coefficient (Wildman–Crippen LogP) is 1.19. The first-order chi connectivity index (χ1) is 7.66. The quantitative estimate of drug-likeness (QED) is 0.443. The molecule has 0 saturated heterocycles. The van der Waals surface area contributed by atoms with Crippen LogP contribution >= 0.6 is 0 Å². The third-order valence-corrected chi connectivity index (χ3v) is 2.05. The van der Waals surface area contributed by atoms with Crippen molar-refractivity contribution in [3.8, 4) is 0 Å². The zero-order valence-corrected chi connectivity index (χ0v) is 9.01. The molecular formula is C10H14N4O2. The number of nitrogens with zero attached hydrogens (tertiary/aromatic N) is 2. The maximum Gasteiger partial charge on any atom is 0.310 e. The number of nitrogens with one attached hydrogen (secondary N) is 1. The first-order valence-corrected chi connectivity index (χ1v) is 4.85. The molecule has 3 N–H and O–H groups in total. The Labute approximate surface area is 93.3 Å². The Hall–Kier alpha value is -1.95. The van der Waals surface area contributed by atoms with Gasteiger partial charge in [0.2, 0.25) is 0 Å². The molecule has 0 atom stereocenters. The highest BCUT2D eigenvalue weighted by molar-refractivity contribution is 5.71. The van der Waals surface area contributed by atoms with Crippen LogP contribution in [0.15, 0.2) is 18.5 Å². The number of nitrogens with two attached hydrogens (primary N) is 1. The number of pyridine rings is 1. The van der Waals surface area contributed by atoms with E-state index in [0.717, 1.165) is 19.2 Å². The molecule has 0 amide bonds. The molecule has 1 aromatic heterocycles. The average Bonchev–Trinajstić information content (AvgIpc) is 2.26. The van der Waals surface area contributed by atoms with Crippen molar-refractivity contribution < 1.29 is 4.92 Å². The predicted molar refractivity (Wildman–Crippen MR) is 62.9 cm³/mol. The Morgan fingerprint density at radius 2 is 2.38 bits per heavy atom. The second kappa shape index (κ2) is 5.82. The second-order valence-electron chi connectivity index (χ2n) is 3.21. The first kappa shape index (κ1) is 12.1. The summed E-state index contributed by atoms with van der Waals surface area (Å²) in [5.41, 5.74) is 6.22. The van der Waals surface area contributed by atoms with Crippen molar-refractivity contribution in [2.75, 3.05) is 19.3 Å². The standard InChI is InChI=1S/C10H14N4O2/c1-12-5-3-2-4-8-6-13-7-9(10(8)11)14(15)16/h2,4,6-7,12H,3,5H2,1H3,(H2,11,13). The summed E-state index contributed by atoms with van der Waals surface area (Å²) in [4.78, 5) is 13.8. The lowest BCUT2D eigenvalue weighted by atomic mass is 10.2. The zero-order valence-electron chi connectivity index (χ0n) is 9.01. The lowest BCUT2D eigenvalue weighted by Gasteiger charge is -2.00. The topological polar surface area (TPSA) is 94.1 Å². The Bertz CT molecular complexity index is 404. The van der Waals surface area contributed by atoms with Crippen molar-refractivity contribution >= 4 is 17.5 Å². The van der Waals surface area contributed by atoms with Gasteiger partial charge in [0.15, 0.2) is 0 Å². The van der Waals surface area contributed by atoms with Crippen molar-refractivity contribution in [1.82, 2.24) is 10.3 Å². The van der Waals surface area contributed by atoms with Crippen LogP contribution in [-0.4, -0.2) is 23.5 Å². The van der Waals surface area contributed by atoms with Crippen molar-refractivity contribution in [3.63, 3.8) is 0 Å². The van der Waals surface area contributed by atoms with Gasteiger partial charge in [-0.25, -0.2) is 0 Å². The fraction of sp³-hybridized carbons (Fsp3) is 0.300. The fourth-order valence-electron chi connectivity index (χ4n) is 1.19. The molecule has 0 fully saturated rings. The van der Waals surface area contributed by atoms with Gasteiger partial charge < -0.3 is 11.1 Å². The third-order valence-electron chi connectivity index (χ3n) is 2.05. The van der Waals surface area contributed by atoms with Crippen LogP contribution in [0.2, 0.25) is 0 Å². The van der Waals surface area contributed by atoms with Crippen molar-refractivity contribution in [1.29, 1.82) is 0 Å². The van der Waals surface area contributed by atoms with E-state index in [1.165, 1.54) is 6.20 Å². The number of nitro groups is 1. The van der Waals surface area contributed by atoms with Crippen LogP contribution in [-0.2, 0) is 0 Å². The Morgan fingerprint density at radius 1 is 1.62 bits per heavy atom. The molecule has 0 spiro atoms. The summed E-state index contributed by atoms with van der Waals surface area (Å²) in [5.74, 6) is 0. The van der Waals surface area contributed by atoms with Crippen LogP contribution in [0.25, 0.3) is 6.08 Å². The Kier molecular flexibility index (Phi) is 4.41. The van der Waals surface area contributed by atoms with E-state index in [0.29, 0.717) is 5.56 Å². The molecule has 86 valence electrons. The average molecular weight is 222 g/mol. The highest BCUT2D eigenvalue weighted by atomic mass is 16.6. The molecule has 16 heavy (non-hydrogen) atoms. The maximum absolute atomic E-state index is 10.6. The van der Waals surface area contributed by atoms with E-state index in [1.807, 2.05) is 13.1 Å². The molecule has 0 aromatic carbocycles. The molecule has 0 saturated carbocycles. The molecule has 6 heteroatoms. The largest absolute Gasteiger partial charge is 0.393 e. The lowest BCUT2D eigenvalue weighted by Crippen LogP contribution is -2.05. The van der Waals surface area contributed by atoms with Gasteiger partial charge >= 0.3 is 5.69 Å². The molecule has 1 rings (SSSR count). The third kappa shape index (κ3) is 3.03. The minimum atomic E-state index is -0.534.